The molecule has 1 aromatic heterocycles. The third kappa shape index (κ3) is 4.86. The van der Waals surface area contributed by atoms with Crippen LogP contribution in [0, 0.1) is 0 Å². The lowest BCUT2D eigenvalue weighted by molar-refractivity contribution is -0.115. The van der Waals surface area contributed by atoms with Gasteiger partial charge in [-0.1, -0.05) is 37.2 Å². The maximum atomic E-state index is 12.4. The molecule has 0 bridgehead atoms. The number of aryl methyl sites for hydroxylation is 1. The lowest BCUT2D eigenvalue weighted by atomic mass is 10.2. The van der Waals surface area contributed by atoms with Gasteiger partial charge in [0.2, 0.25) is 5.91 Å². The van der Waals surface area contributed by atoms with Crippen LogP contribution < -0.4 is 15.6 Å². The first-order chi connectivity index (χ1) is 11.5. The molecule has 128 valence electrons. The van der Waals surface area contributed by atoms with E-state index >= 15 is 0 Å². The second-order valence-electron chi connectivity index (χ2n) is 5.24. The minimum absolute atomic E-state index is 0.187. The van der Waals surface area contributed by atoms with Gasteiger partial charge in [0.05, 0.1) is 18.0 Å². The smallest absolute Gasteiger partial charge is 0.251 e. The summed E-state index contributed by atoms with van der Waals surface area (Å²) in [5, 5.41) is 2.86. The number of methoxy groups -OCH3 is 1. The Balaban J connectivity index is 2.07. The molecule has 7 heteroatoms. The number of nitrogens with one attached hydrogen (secondary N) is 2. The number of rotatable bonds is 7. The van der Waals surface area contributed by atoms with E-state index in [2.05, 4.69) is 15.3 Å². The van der Waals surface area contributed by atoms with E-state index in [9.17, 15) is 9.59 Å². The maximum absolute atomic E-state index is 12.4. The largest absolute Gasteiger partial charge is 0.495 e. The normalized spacial score (nSPS) is 11.8. The zero-order chi connectivity index (χ0) is 17.5. The summed E-state index contributed by atoms with van der Waals surface area (Å²) in [6.07, 6.45) is 1.64. The molecule has 0 aliphatic carbocycles. The van der Waals surface area contributed by atoms with Gasteiger partial charge in [-0.15, -0.1) is 0 Å². The van der Waals surface area contributed by atoms with Crippen molar-refractivity contribution in [3.05, 3.63) is 46.4 Å². The molecule has 1 amide bonds. The monoisotopic (exact) mass is 347 g/mol. The van der Waals surface area contributed by atoms with Crippen LogP contribution in [0.25, 0.3) is 0 Å². The molecule has 6 nitrogen and oxygen atoms in total. The predicted octanol–water partition coefficient (Wildman–Crippen LogP) is 2.85. The van der Waals surface area contributed by atoms with Crippen molar-refractivity contribution in [1.29, 1.82) is 0 Å². The van der Waals surface area contributed by atoms with Gasteiger partial charge in [-0.05, 0) is 25.5 Å². The van der Waals surface area contributed by atoms with E-state index < -0.39 is 5.25 Å². The third-order valence-corrected chi connectivity index (χ3v) is 4.29. The number of thioether (sulfide) groups is 1. The van der Waals surface area contributed by atoms with Crippen molar-refractivity contribution in [3.8, 4) is 5.75 Å². The molecule has 2 N–H and O–H groups in total. The third-order valence-electron chi connectivity index (χ3n) is 3.30. The standard InChI is InChI=1S/C17H21N3O3S/c1-4-7-12-10-15(21)20-17(18-12)24-11(2)16(22)19-13-8-5-6-9-14(13)23-3/h5-6,8-11H,4,7H2,1-3H3,(H,19,22)(H,18,20,21)/t11-/m1/s1. The number of ether oxygens (including phenoxy) is 1. The van der Waals surface area contributed by atoms with E-state index in [1.807, 2.05) is 19.1 Å². The Bertz CT molecular complexity index is 761. The molecule has 0 aliphatic rings. The molecule has 0 saturated carbocycles. The minimum atomic E-state index is -0.421. The van der Waals surface area contributed by atoms with Crippen molar-refractivity contribution < 1.29 is 9.53 Å². The highest BCUT2D eigenvalue weighted by Crippen LogP contribution is 2.25. The first-order valence-electron chi connectivity index (χ1n) is 7.74. The van der Waals surface area contributed by atoms with Crippen molar-refractivity contribution >= 4 is 23.4 Å². The summed E-state index contributed by atoms with van der Waals surface area (Å²) in [5.74, 6) is 0.410. The molecule has 2 aromatic rings. The van der Waals surface area contributed by atoms with Gasteiger partial charge in [0.25, 0.3) is 5.56 Å². The number of para-hydroxylation sites is 2. The van der Waals surface area contributed by atoms with Gasteiger partial charge >= 0.3 is 0 Å². The van der Waals surface area contributed by atoms with Gasteiger partial charge in [0.15, 0.2) is 5.16 Å². The number of aromatic amines is 1. The van der Waals surface area contributed by atoms with E-state index in [-0.39, 0.29) is 11.5 Å². The molecule has 0 radical (unpaired) electrons. The molecule has 2 rings (SSSR count). The molecule has 1 aromatic carbocycles. The van der Waals surface area contributed by atoms with Crippen LogP contribution in [-0.2, 0) is 11.2 Å². The number of hydrogen-bond donors (Lipinski definition) is 2. The van der Waals surface area contributed by atoms with Crippen molar-refractivity contribution in [2.75, 3.05) is 12.4 Å². The lowest BCUT2D eigenvalue weighted by Crippen LogP contribution is -2.23. The van der Waals surface area contributed by atoms with Crippen molar-refractivity contribution in [2.45, 2.75) is 37.1 Å². The molecule has 0 spiro atoms. The van der Waals surface area contributed by atoms with Gasteiger partial charge in [-0.25, -0.2) is 4.98 Å². The average Bonchev–Trinajstić information content (AvgIpc) is 2.55. The maximum Gasteiger partial charge on any atom is 0.251 e. The summed E-state index contributed by atoms with van der Waals surface area (Å²) in [4.78, 5) is 31.1. The Labute approximate surface area is 145 Å². The highest BCUT2D eigenvalue weighted by atomic mass is 32.2. The Kier molecular flexibility index (Phi) is 6.43. The number of amides is 1. The number of benzene rings is 1. The Hall–Kier alpha value is -2.28. The number of aromatic nitrogens is 2. The van der Waals surface area contributed by atoms with Gasteiger partial charge in [-0.2, -0.15) is 0 Å². The van der Waals surface area contributed by atoms with Crippen molar-refractivity contribution in [3.63, 3.8) is 0 Å². The Morgan fingerprint density at radius 3 is 2.88 bits per heavy atom. The second kappa shape index (κ2) is 8.54. The summed E-state index contributed by atoms with van der Waals surface area (Å²) in [6, 6.07) is 8.70. The number of H-pyrrole nitrogens is 1. The number of anilines is 1. The fraction of sp³-hybridized carbons (Fsp3) is 0.353. The van der Waals surface area contributed by atoms with E-state index in [1.54, 1.807) is 26.2 Å². The van der Waals surface area contributed by atoms with Crippen LogP contribution in [0.4, 0.5) is 5.69 Å². The quantitative estimate of drug-likeness (QED) is 0.594. The molecular weight excluding hydrogens is 326 g/mol. The number of carbonyl (C=O) groups excluding carboxylic acids is 1. The van der Waals surface area contributed by atoms with Crippen LogP contribution in [-0.4, -0.2) is 28.2 Å². The van der Waals surface area contributed by atoms with Gasteiger partial charge in [0.1, 0.15) is 5.75 Å². The Morgan fingerprint density at radius 2 is 2.17 bits per heavy atom. The van der Waals surface area contributed by atoms with E-state index in [0.717, 1.165) is 18.5 Å². The van der Waals surface area contributed by atoms with Gasteiger partial charge < -0.3 is 15.0 Å². The van der Waals surface area contributed by atoms with Crippen molar-refractivity contribution in [1.82, 2.24) is 9.97 Å². The van der Waals surface area contributed by atoms with Crippen LogP contribution in [0.1, 0.15) is 26.0 Å². The van der Waals surface area contributed by atoms with E-state index in [4.69, 9.17) is 4.74 Å². The summed E-state index contributed by atoms with van der Waals surface area (Å²) in [6.45, 7) is 3.79. The Morgan fingerprint density at radius 1 is 1.42 bits per heavy atom. The molecule has 0 fully saturated rings. The summed E-state index contributed by atoms with van der Waals surface area (Å²) in [7, 11) is 1.55. The summed E-state index contributed by atoms with van der Waals surface area (Å²) < 4.78 is 5.22. The second-order valence-corrected chi connectivity index (χ2v) is 6.57. The zero-order valence-electron chi connectivity index (χ0n) is 14.0. The molecule has 1 heterocycles. The van der Waals surface area contributed by atoms with Crippen molar-refractivity contribution in [2.24, 2.45) is 0 Å². The number of hydrogen-bond acceptors (Lipinski definition) is 5. The fourth-order valence-electron chi connectivity index (χ4n) is 2.13. The topological polar surface area (TPSA) is 84.1 Å². The number of carbonyl (C=O) groups is 1. The molecule has 0 aliphatic heterocycles. The first-order valence-corrected chi connectivity index (χ1v) is 8.62. The van der Waals surface area contributed by atoms with Crippen LogP contribution in [0.2, 0.25) is 0 Å². The van der Waals surface area contributed by atoms with Gasteiger partial charge in [0, 0.05) is 11.8 Å². The zero-order valence-corrected chi connectivity index (χ0v) is 14.8. The van der Waals surface area contributed by atoms with Crippen LogP contribution in [0.3, 0.4) is 0 Å². The van der Waals surface area contributed by atoms with E-state index in [1.165, 1.54) is 17.8 Å². The van der Waals surface area contributed by atoms with Crippen LogP contribution in [0.15, 0.2) is 40.3 Å². The molecular formula is C17H21N3O3S. The highest BCUT2D eigenvalue weighted by Gasteiger charge is 2.17. The molecule has 0 unspecified atom stereocenters. The van der Waals surface area contributed by atoms with Crippen LogP contribution >= 0.6 is 11.8 Å². The molecule has 1 atom stereocenters. The average molecular weight is 347 g/mol. The summed E-state index contributed by atoms with van der Waals surface area (Å²) in [5.41, 5.74) is 1.15. The highest BCUT2D eigenvalue weighted by molar-refractivity contribution is 8.00. The molecule has 0 saturated heterocycles. The van der Waals surface area contributed by atoms with Gasteiger partial charge in [-0.3, -0.25) is 9.59 Å². The number of nitrogens with zero attached hydrogens (tertiary/aromatic N) is 1. The predicted molar refractivity (Wildman–Crippen MR) is 95.8 cm³/mol. The SMILES string of the molecule is CCCc1cc(=O)[nH]c(S[C@H](C)C(=O)Nc2ccccc2OC)n1. The van der Waals surface area contributed by atoms with Crippen LogP contribution in [0.5, 0.6) is 5.75 Å². The summed E-state index contributed by atoms with van der Waals surface area (Å²) >= 11 is 1.22. The fourth-order valence-corrected chi connectivity index (χ4v) is 2.96. The lowest BCUT2D eigenvalue weighted by Gasteiger charge is -2.13. The molecule has 24 heavy (non-hydrogen) atoms. The minimum Gasteiger partial charge on any atom is -0.495 e. The first kappa shape index (κ1) is 18.1. The van der Waals surface area contributed by atoms with E-state index in [0.29, 0.717) is 16.6 Å².